The number of halogens is 4. The summed E-state index contributed by atoms with van der Waals surface area (Å²) in [4.78, 5) is 26.3. The van der Waals surface area contributed by atoms with Gasteiger partial charge in [0.25, 0.3) is 11.8 Å². The van der Waals surface area contributed by atoms with Gasteiger partial charge in [0.05, 0.1) is 22.2 Å². The molecule has 0 radical (unpaired) electrons. The van der Waals surface area contributed by atoms with Crippen LogP contribution < -0.4 is 4.90 Å². The Morgan fingerprint density at radius 2 is 1.65 bits per heavy atom. The third-order valence-corrected chi connectivity index (χ3v) is 4.73. The number of alkyl halides is 4. The zero-order chi connectivity index (χ0) is 18.6. The molecule has 2 amide bonds. The van der Waals surface area contributed by atoms with E-state index in [9.17, 15) is 22.8 Å². The van der Waals surface area contributed by atoms with Gasteiger partial charge in [0, 0.05) is 5.33 Å². The largest absolute Gasteiger partial charge is 0.437 e. The van der Waals surface area contributed by atoms with Crippen molar-refractivity contribution in [2.24, 2.45) is 0 Å². The van der Waals surface area contributed by atoms with E-state index in [2.05, 4.69) is 21.1 Å². The Balaban J connectivity index is 2.04. The van der Waals surface area contributed by atoms with Gasteiger partial charge < -0.3 is 4.52 Å². The predicted octanol–water partition coefficient (Wildman–Crippen LogP) is 4.54. The monoisotopic (exact) mass is 424 g/mol. The average molecular weight is 425 g/mol. The van der Waals surface area contributed by atoms with Gasteiger partial charge in [-0.05, 0) is 23.8 Å². The van der Waals surface area contributed by atoms with Crippen molar-refractivity contribution in [1.82, 2.24) is 5.16 Å². The number of amides is 2. The van der Waals surface area contributed by atoms with Gasteiger partial charge in [0.2, 0.25) is 0 Å². The van der Waals surface area contributed by atoms with Crippen LogP contribution in [0.5, 0.6) is 0 Å². The third kappa shape index (κ3) is 2.27. The van der Waals surface area contributed by atoms with Crippen molar-refractivity contribution >= 4 is 44.4 Å². The number of carbonyl (C=O) groups excluding carboxylic acids is 2. The van der Waals surface area contributed by atoms with E-state index in [1.165, 1.54) is 24.3 Å². The summed E-state index contributed by atoms with van der Waals surface area (Å²) in [5, 5.41) is 2.83. The molecular formula is C17H8BrF3N2O3. The van der Waals surface area contributed by atoms with Crippen molar-refractivity contribution in [2.45, 2.75) is 11.5 Å². The Bertz CT molecular complexity index is 1040. The van der Waals surface area contributed by atoms with E-state index >= 15 is 0 Å². The van der Waals surface area contributed by atoms with Crippen molar-refractivity contribution in [2.75, 3.05) is 4.90 Å². The number of hydrogen-bond donors (Lipinski definition) is 0. The summed E-state index contributed by atoms with van der Waals surface area (Å²) < 4.78 is 45.0. The van der Waals surface area contributed by atoms with Gasteiger partial charge in [-0.2, -0.15) is 13.2 Å². The van der Waals surface area contributed by atoms with Crippen molar-refractivity contribution in [3.63, 3.8) is 0 Å². The Hall–Kier alpha value is -2.68. The van der Waals surface area contributed by atoms with Crippen molar-refractivity contribution in [3.05, 3.63) is 58.8 Å². The first-order valence-electron chi connectivity index (χ1n) is 7.37. The molecule has 1 aliphatic rings. The van der Waals surface area contributed by atoms with Crippen LogP contribution in [0, 0.1) is 0 Å². The van der Waals surface area contributed by atoms with Crippen LogP contribution in [0.15, 0.2) is 40.9 Å². The van der Waals surface area contributed by atoms with Crippen LogP contribution in [0.1, 0.15) is 32.0 Å². The van der Waals surface area contributed by atoms with Crippen LogP contribution in [-0.4, -0.2) is 17.0 Å². The summed E-state index contributed by atoms with van der Waals surface area (Å²) in [6.45, 7) is 0. The molecule has 5 nitrogen and oxygen atoms in total. The first-order valence-corrected chi connectivity index (χ1v) is 8.49. The maximum atomic E-state index is 13.4. The maximum Gasteiger partial charge on any atom is 0.437 e. The number of imide groups is 1. The van der Waals surface area contributed by atoms with Gasteiger partial charge in [-0.25, -0.2) is 4.90 Å². The molecule has 0 spiro atoms. The van der Waals surface area contributed by atoms with Gasteiger partial charge in [0.1, 0.15) is 0 Å². The molecule has 0 saturated heterocycles. The van der Waals surface area contributed by atoms with Gasteiger partial charge >= 0.3 is 6.18 Å². The molecule has 0 bridgehead atoms. The Morgan fingerprint density at radius 1 is 1.04 bits per heavy atom. The van der Waals surface area contributed by atoms with E-state index in [1.54, 1.807) is 12.1 Å². The number of hydrogen-bond acceptors (Lipinski definition) is 4. The second-order valence-corrected chi connectivity index (χ2v) is 6.16. The number of rotatable bonds is 2. The molecule has 132 valence electrons. The lowest BCUT2D eigenvalue weighted by Crippen LogP contribution is -2.30. The minimum absolute atomic E-state index is 0.133. The van der Waals surface area contributed by atoms with E-state index in [4.69, 9.17) is 4.52 Å². The molecule has 0 N–H and O–H groups in total. The fourth-order valence-corrected chi connectivity index (χ4v) is 3.46. The maximum absolute atomic E-state index is 13.4. The van der Waals surface area contributed by atoms with Gasteiger partial charge in [-0.15, -0.1) is 0 Å². The fraction of sp³-hybridized carbons (Fsp3) is 0.118. The van der Waals surface area contributed by atoms with E-state index in [0.29, 0.717) is 5.56 Å². The molecule has 1 aliphatic heterocycles. The van der Waals surface area contributed by atoms with Crippen LogP contribution in [0.3, 0.4) is 0 Å². The lowest BCUT2D eigenvalue weighted by atomic mass is 10.1. The van der Waals surface area contributed by atoms with Crippen molar-refractivity contribution < 1.29 is 27.3 Å². The van der Waals surface area contributed by atoms with Crippen molar-refractivity contribution in [1.29, 1.82) is 0 Å². The normalized spacial score (nSPS) is 14.4. The molecule has 1 aromatic heterocycles. The minimum atomic E-state index is -4.80. The fourth-order valence-electron chi connectivity index (χ4n) is 3.01. The highest BCUT2D eigenvalue weighted by molar-refractivity contribution is 9.08. The van der Waals surface area contributed by atoms with Crippen LogP contribution in [0.2, 0.25) is 0 Å². The highest BCUT2D eigenvalue weighted by Crippen LogP contribution is 2.43. The molecule has 0 aliphatic carbocycles. The average Bonchev–Trinajstić information content (AvgIpc) is 3.15. The summed E-state index contributed by atoms with van der Waals surface area (Å²) in [7, 11) is 0. The highest BCUT2D eigenvalue weighted by Gasteiger charge is 2.43. The van der Waals surface area contributed by atoms with Gasteiger partial charge in [0.15, 0.2) is 11.3 Å². The number of anilines is 1. The van der Waals surface area contributed by atoms with Gasteiger partial charge in [-0.1, -0.05) is 39.3 Å². The number of carbonyl (C=O) groups is 2. The predicted molar refractivity (Wildman–Crippen MR) is 89.2 cm³/mol. The molecule has 0 atom stereocenters. The first-order chi connectivity index (χ1) is 12.3. The van der Waals surface area contributed by atoms with Crippen LogP contribution >= 0.6 is 15.9 Å². The molecule has 0 saturated carbocycles. The number of fused-ring (bicyclic) bond motifs is 2. The lowest BCUT2D eigenvalue weighted by Gasteiger charge is -2.19. The second-order valence-electron chi connectivity index (χ2n) is 5.60. The quantitative estimate of drug-likeness (QED) is 0.447. The molecule has 2 heterocycles. The standard InChI is InChI=1S/C17H8BrF3N2O3/c18-7-8-5-6-11-12(14(22-26-11)17(19,20)21)13(8)23-15(24)9-3-1-2-4-10(9)16(23)25/h1-6H,7H2. The lowest BCUT2D eigenvalue weighted by molar-refractivity contribution is -0.141. The number of nitrogens with zero attached hydrogens (tertiary/aromatic N) is 2. The van der Waals surface area contributed by atoms with E-state index in [-0.39, 0.29) is 27.7 Å². The van der Waals surface area contributed by atoms with E-state index in [0.717, 1.165) is 4.90 Å². The molecule has 4 rings (SSSR count). The minimum Gasteiger partial charge on any atom is -0.356 e. The Labute approximate surface area is 152 Å². The second kappa shape index (κ2) is 5.66. The summed E-state index contributed by atoms with van der Waals surface area (Å²) in [5.41, 5.74) is -0.990. The van der Waals surface area contributed by atoms with Gasteiger partial charge in [-0.3, -0.25) is 9.59 Å². The van der Waals surface area contributed by atoms with Crippen molar-refractivity contribution in [3.8, 4) is 0 Å². The summed E-state index contributed by atoms with van der Waals surface area (Å²) in [6.07, 6.45) is -4.80. The third-order valence-electron chi connectivity index (χ3n) is 4.13. The van der Waals surface area contributed by atoms with Crippen LogP contribution in [0.25, 0.3) is 11.0 Å². The summed E-state index contributed by atoms with van der Waals surface area (Å²) >= 11 is 3.20. The summed E-state index contributed by atoms with van der Waals surface area (Å²) in [5.74, 6) is -1.37. The first kappa shape index (κ1) is 16.8. The molecule has 0 unspecified atom stereocenters. The van der Waals surface area contributed by atoms with E-state index < -0.39 is 29.1 Å². The van der Waals surface area contributed by atoms with E-state index in [1.807, 2.05) is 0 Å². The van der Waals surface area contributed by atoms with Crippen LogP contribution in [0.4, 0.5) is 18.9 Å². The smallest absolute Gasteiger partial charge is 0.356 e. The molecule has 9 heteroatoms. The molecular weight excluding hydrogens is 417 g/mol. The number of benzene rings is 2. The zero-order valence-electron chi connectivity index (χ0n) is 12.8. The zero-order valence-corrected chi connectivity index (χ0v) is 14.4. The van der Waals surface area contributed by atoms with Crippen LogP contribution in [-0.2, 0) is 11.5 Å². The number of aromatic nitrogens is 1. The molecule has 2 aromatic carbocycles. The summed E-state index contributed by atoms with van der Waals surface area (Å²) in [6, 6.07) is 8.90. The SMILES string of the molecule is O=C1c2ccccc2C(=O)N1c1c(CBr)ccc2onc(C(F)(F)F)c12. The Kier molecular flexibility index (Phi) is 3.65. The topological polar surface area (TPSA) is 63.4 Å². The molecule has 3 aromatic rings. The highest BCUT2D eigenvalue weighted by atomic mass is 79.9. The molecule has 0 fully saturated rings. The molecule has 26 heavy (non-hydrogen) atoms. The Morgan fingerprint density at radius 3 is 2.19 bits per heavy atom.